The maximum atomic E-state index is 13.3. The van der Waals surface area contributed by atoms with Gasteiger partial charge < -0.3 is 9.84 Å². The third-order valence-electron chi connectivity index (χ3n) is 2.23. The molecule has 2 rings (SSSR count). The Morgan fingerprint density at radius 1 is 1.50 bits per heavy atom. The van der Waals surface area contributed by atoms with Crippen LogP contribution in [0.3, 0.4) is 0 Å². The lowest BCUT2D eigenvalue weighted by Gasteiger charge is -2.04. The quantitative estimate of drug-likeness (QED) is 0.878. The van der Waals surface area contributed by atoms with E-state index in [2.05, 4.69) is 10.3 Å². The maximum Gasteiger partial charge on any atom is 0.309 e. The number of aromatic nitrogens is 3. The van der Waals surface area contributed by atoms with Crippen LogP contribution in [0.5, 0.6) is 5.75 Å². The summed E-state index contributed by atoms with van der Waals surface area (Å²) in [5, 5.41) is 16.0. The minimum Gasteiger partial charge on any atom is -0.497 e. The van der Waals surface area contributed by atoms with E-state index in [0.29, 0.717) is 17.1 Å². The number of nitrogens with zero attached hydrogens (tertiary/aromatic N) is 3. The molecule has 94 valence electrons. The van der Waals surface area contributed by atoms with Gasteiger partial charge in [0.15, 0.2) is 0 Å². The molecule has 2 aromatic rings. The van der Waals surface area contributed by atoms with Gasteiger partial charge in [0.2, 0.25) is 0 Å². The molecule has 1 N–H and O–H groups in total. The topological polar surface area (TPSA) is 77.2 Å². The van der Waals surface area contributed by atoms with Crippen molar-refractivity contribution < 1.29 is 19.0 Å². The lowest BCUT2D eigenvalue weighted by atomic mass is 10.3. The van der Waals surface area contributed by atoms with Gasteiger partial charge in [-0.15, -0.1) is 5.10 Å². The van der Waals surface area contributed by atoms with E-state index < -0.39 is 11.8 Å². The Labute approximate surface area is 102 Å². The van der Waals surface area contributed by atoms with Crippen molar-refractivity contribution in [1.82, 2.24) is 15.0 Å². The summed E-state index contributed by atoms with van der Waals surface area (Å²) in [5.41, 5.74) is 0.710. The first-order valence-corrected chi connectivity index (χ1v) is 5.06. The molecule has 0 amide bonds. The van der Waals surface area contributed by atoms with E-state index >= 15 is 0 Å². The highest BCUT2D eigenvalue weighted by Gasteiger charge is 2.08. The average molecular weight is 251 g/mol. The first kappa shape index (κ1) is 12.0. The molecule has 7 heteroatoms. The molecule has 0 aliphatic carbocycles. The van der Waals surface area contributed by atoms with Crippen molar-refractivity contribution in [3.05, 3.63) is 35.9 Å². The fraction of sp³-hybridized carbons (Fsp3) is 0.182. The summed E-state index contributed by atoms with van der Waals surface area (Å²) < 4.78 is 19.5. The summed E-state index contributed by atoms with van der Waals surface area (Å²) in [5.74, 6) is -1.13. The van der Waals surface area contributed by atoms with Crippen molar-refractivity contribution in [3.63, 3.8) is 0 Å². The van der Waals surface area contributed by atoms with Gasteiger partial charge in [0.25, 0.3) is 0 Å². The molecule has 18 heavy (non-hydrogen) atoms. The number of hydrogen-bond acceptors (Lipinski definition) is 4. The minimum atomic E-state index is -1.00. The van der Waals surface area contributed by atoms with Crippen molar-refractivity contribution in [1.29, 1.82) is 0 Å². The molecule has 0 unspecified atom stereocenters. The van der Waals surface area contributed by atoms with Gasteiger partial charge in [-0.1, -0.05) is 5.21 Å². The fourth-order valence-corrected chi connectivity index (χ4v) is 1.46. The molecule has 0 saturated carbocycles. The Kier molecular flexibility index (Phi) is 3.22. The van der Waals surface area contributed by atoms with Crippen LogP contribution in [0.4, 0.5) is 4.39 Å². The number of ether oxygens (including phenoxy) is 1. The van der Waals surface area contributed by atoms with Crippen LogP contribution in [0, 0.1) is 5.82 Å². The summed E-state index contributed by atoms with van der Waals surface area (Å²) in [6.07, 6.45) is 1.20. The molecule has 1 heterocycles. The second kappa shape index (κ2) is 4.82. The second-order valence-electron chi connectivity index (χ2n) is 3.57. The Morgan fingerprint density at radius 2 is 2.28 bits per heavy atom. The van der Waals surface area contributed by atoms with Gasteiger partial charge in [-0.2, -0.15) is 0 Å². The molecule has 0 aliphatic rings. The van der Waals surface area contributed by atoms with Gasteiger partial charge in [0.05, 0.1) is 31.1 Å². The molecule has 1 aromatic carbocycles. The van der Waals surface area contributed by atoms with Gasteiger partial charge >= 0.3 is 5.97 Å². The zero-order chi connectivity index (χ0) is 13.1. The highest BCUT2D eigenvalue weighted by atomic mass is 19.1. The van der Waals surface area contributed by atoms with Gasteiger partial charge in [0.1, 0.15) is 11.6 Å². The van der Waals surface area contributed by atoms with Gasteiger partial charge in [-0.25, -0.2) is 9.07 Å². The molecule has 0 saturated heterocycles. The number of carboxylic acids is 1. The summed E-state index contributed by atoms with van der Waals surface area (Å²) >= 11 is 0. The molecule has 0 atom stereocenters. The summed E-state index contributed by atoms with van der Waals surface area (Å²) in [6.45, 7) is 0. The van der Waals surface area contributed by atoms with Crippen molar-refractivity contribution in [2.45, 2.75) is 6.42 Å². The van der Waals surface area contributed by atoms with E-state index in [0.717, 1.165) is 0 Å². The number of halogens is 1. The summed E-state index contributed by atoms with van der Waals surface area (Å²) in [4.78, 5) is 10.5. The van der Waals surface area contributed by atoms with Crippen LogP contribution in [0.15, 0.2) is 24.4 Å². The molecule has 6 nitrogen and oxygen atoms in total. The molecule has 1 aromatic heterocycles. The van der Waals surface area contributed by atoms with Crippen LogP contribution in [-0.4, -0.2) is 33.2 Å². The van der Waals surface area contributed by atoms with E-state index in [-0.39, 0.29) is 6.42 Å². The Morgan fingerprint density at radius 3 is 2.94 bits per heavy atom. The van der Waals surface area contributed by atoms with Crippen LogP contribution in [0.1, 0.15) is 5.69 Å². The molecule has 0 radical (unpaired) electrons. The van der Waals surface area contributed by atoms with E-state index in [1.807, 2.05) is 0 Å². The largest absolute Gasteiger partial charge is 0.497 e. The lowest BCUT2D eigenvalue weighted by Crippen LogP contribution is -2.00. The minimum absolute atomic E-state index is 0.230. The van der Waals surface area contributed by atoms with E-state index in [9.17, 15) is 9.18 Å². The Hall–Kier alpha value is -2.44. The molecule has 0 bridgehead atoms. The number of carbonyl (C=O) groups is 1. The molecule has 0 spiro atoms. The zero-order valence-corrected chi connectivity index (χ0v) is 9.50. The smallest absolute Gasteiger partial charge is 0.309 e. The average Bonchev–Trinajstić information content (AvgIpc) is 2.75. The van der Waals surface area contributed by atoms with Crippen LogP contribution in [0.2, 0.25) is 0 Å². The first-order valence-electron chi connectivity index (χ1n) is 5.06. The normalized spacial score (nSPS) is 10.3. The number of methoxy groups -OCH3 is 1. The van der Waals surface area contributed by atoms with E-state index in [1.165, 1.54) is 30.1 Å². The number of carboxylic acid groups (broad SMARTS) is 1. The standard InChI is InChI=1S/C11H10FN3O3/c1-18-10-3-7(12)2-9(5-10)15-6-8(13-14-15)4-11(16)17/h2-3,5-6H,4H2,1H3,(H,16,17). The molecule has 0 aliphatic heterocycles. The van der Waals surface area contributed by atoms with Gasteiger partial charge in [-0.3, -0.25) is 4.79 Å². The van der Waals surface area contributed by atoms with Gasteiger partial charge in [-0.05, 0) is 6.07 Å². The SMILES string of the molecule is COc1cc(F)cc(-n2cc(CC(=O)O)nn2)c1. The number of rotatable bonds is 4. The predicted octanol–water partition coefficient (Wildman–Crippen LogP) is 1.04. The molecular weight excluding hydrogens is 241 g/mol. The third-order valence-corrected chi connectivity index (χ3v) is 2.23. The maximum absolute atomic E-state index is 13.3. The predicted molar refractivity (Wildman–Crippen MR) is 59.2 cm³/mol. The monoisotopic (exact) mass is 251 g/mol. The van der Waals surface area contributed by atoms with Crippen LogP contribution >= 0.6 is 0 Å². The second-order valence-corrected chi connectivity index (χ2v) is 3.57. The van der Waals surface area contributed by atoms with Crippen LogP contribution in [0.25, 0.3) is 5.69 Å². The highest BCUT2D eigenvalue weighted by Crippen LogP contribution is 2.18. The third kappa shape index (κ3) is 2.62. The number of aliphatic carboxylic acids is 1. The van der Waals surface area contributed by atoms with Crippen molar-refractivity contribution in [2.75, 3.05) is 7.11 Å². The fourth-order valence-electron chi connectivity index (χ4n) is 1.46. The zero-order valence-electron chi connectivity index (χ0n) is 9.50. The van der Waals surface area contributed by atoms with Crippen molar-refractivity contribution in [3.8, 4) is 11.4 Å². The first-order chi connectivity index (χ1) is 8.58. The van der Waals surface area contributed by atoms with Crippen molar-refractivity contribution in [2.24, 2.45) is 0 Å². The van der Waals surface area contributed by atoms with E-state index in [4.69, 9.17) is 9.84 Å². The summed E-state index contributed by atoms with van der Waals surface area (Å²) in [7, 11) is 1.43. The van der Waals surface area contributed by atoms with Crippen molar-refractivity contribution >= 4 is 5.97 Å². The number of benzene rings is 1. The molecule has 0 fully saturated rings. The highest BCUT2D eigenvalue weighted by molar-refractivity contribution is 5.69. The number of hydrogen-bond donors (Lipinski definition) is 1. The summed E-state index contributed by atoms with van der Waals surface area (Å²) in [6, 6.07) is 4.06. The lowest BCUT2D eigenvalue weighted by molar-refractivity contribution is -0.136. The van der Waals surface area contributed by atoms with Crippen LogP contribution in [-0.2, 0) is 11.2 Å². The van der Waals surface area contributed by atoms with E-state index in [1.54, 1.807) is 6.07 Å². The van der Waals surface area contributed by atoms with Crippen LogP contribution < -0.4 is 4.74 Å². The Balaban J connectivity index is 2.33. The molecular formula is C11H10FN3O3. The van der Waals surface area contributed by atoms with Gasteiger partial charge in [0, 0.05) is 12.1 Å². The Bertz CT molecular complexity index is 583.